The summed E-state index contributed by atoms with van der Waals surface area (Å²) in [5.74, 6) is 0.758. The minimum absolute atomic E-state index is 0.0216. The second kappa shape index (κ2) is 8.70. The number of fused-ring (bicyclic) bond motifs is 1. The molecule has 0 fully saturated rings. The number of imidazole rings is 1. The quantitative estimate of drug-likeness (QED) is 0.475. The van der Waals surface area contributed by atoms with Crippen molar-refractivity contribution in [1.82, 2.24) is 19.5 Å². The minimum Gasteiger partial charge on any atom is -0.434 e. The van der Waals surface area contributed by atoms with E-state index in [1.807, 2.05) is 36.6 Å². The number of para-hydroxylation sites is 1. The molecule has 0 spiro atoms. The largest absolute Gasteiger partial charge is 0.434 e. The molecule has 0 unspecified atom stereocenters. The maximum Gasteiger partial charge on any atom is 0.387 e. The number of amides is 1. The first kappa shape index (κ1) is 21.4. The lowest BCUT2D eigenvalue weighted by atomic mass is 10.1. The third-order valence-corrected chi connectivity index (χ3v) is 5.13. The van der Waals surface area contributed by atoms with E-state index in [-0.39, 0.29) is 12.2 Å². The maximum absolute atomic E-state index is 12.8. The van der Waals surface area contributed by atoms with Crippen LogP contribution in [-0.4, -0.2) is 32.0 Å². The Hall–Kier alpha value is -3.88. The second-order valence-corrected chi connectivity index (χ2v) is 7.36. The van der Waals surface area contributed by atoms with Gasteiger partial charge in [-0.2, -0.15) is 8.78 Å². The Bertz CT molecular complexity index is 1300. The van der Waals surface area contributed by atoms with Crippen LogP contribution in [0.2, 0.25) is 0 Å². The Morgan fingerprint density at radius 1 is 1.16 bits per heavy atom. The van der Waals surface area contributed by atoms with E-state index < -0.39 is 12.5 Å². The number of benzene rings is 2. The van der Waals surface area contributed by atoms with E-state index in [0.717, 1.165) is 28.0 Å². The molecule has 0 aliphatic heterocycles. The van der Waals surface area contributed by atoms with Crippen molar-refractivity contribution in [2.45, 2.75) is 33.4 Å². The first-order chi connectivity index (χ1) is 15.3. The topological polar surface area (TPSA) is 95.9 Å². The van der Waals surface area contributed by atoms with E-state index in [1.54, 1.807) is 24.4 Å². The molecule has 9 heteroatoms. The highest BCUT2D eigenvalue weighted by atomic mass is 19.3. The zero-order valence-corrected chi connectivity index (χ0v) is 17.5. The smallest absolute Gasteiger partial charge is 0.387 e. The number of rotatable bonds is 7. The number of hydrogen-bond donors (Lipinski definition) is 1. The fraction of sp³-hybridized carbons (Fsp3) is 0.217. The molecule has 4 rings (SSSR count). The van der Waals surface area contributed by atoms with Gasteiger partial charge in [-0.1, -0.05) is 24.3 Å². The van der Waals surface area contributed by atoms with Crippen molar-refractivity contribution >= 4 is 16.9 Å². The fourth-order valence-electron chi connectivity index (χ4n) is 3.67. The number of alkyl halides is 2. The molecule has 2 heterocycles. The molecule has 0 radical (unpaired) electrons. The molecular formula is C23H21F2N5O2. The lowest BCUT2D eigenvalue weighted by molar-refractivity contribution is -0.117. The van der Waals surface area contributed by atoms with Crippen LogP contribution in [0.3, 0.4) is 0 Å². The van der Waals surface area contributed by atoms with E-state index >= 15 is 0 Å². The number of carbonyl (C=O) groups excluding carboxylic acids is 1. The third-order valence-electron chi connectivity index (χ3n) is 5.13. The van der Waals surface area contributed by atoms with Crippen LogP contribution in [0.15, 0.2) is 48.7 Å². The van der Waals surface area contributed by atoms with Gasteiger partial charge in [0.1, 0.15) is 17.4 Å². The van der Waals surface area contributed by atoms with Crippen LogP contribution in [0.5, 0.6) is 5.75 Å². The monoisotopic (exact) mass is 437 g/mol. The van der Waals surface area contributed by atoms with E-state index in [0.29, 0.717) is 23.6 Å². The first-order valence-corrected chi connectivity index (χ1v) is 9.92. The number of aryl methyl sites for hydroxylation is 2. The van der Waals surface area contributed by atoms with E-state index in [2.05, 4.69) is 19.7 Å². The second-order valence-electron chi connectivity index (χ2n) is 7.36. The van der Waals surface area contributed by atoms with Gasteiger partial charge in [0, 0.05) is 23.0 Å². The molecule has 2 N–H and O–H groups in total. The van der Waals surface area contributed by atoms with Crippen LogP contribution in [0.1, 0.15) is 22.9 Å². The lowest BCUT2D eigenvalue weighted by Crippen LogP contribution is -2.16. The summed E-state index contributed by atoms with van der Waals surface area (Å²) in [5, 5.41) is 0. The molecule has 0 bridgehead atoms. The van der Waals surface area contributed by atoms with Gasteiger partial charge in [0.15, 0.2) is 0 Å². The number of halogens is 2. The van der Waals surface area contributed by atoms with Crippen LogP contribution >= 0.6 is 0 Å². The van der Waals surface area contributed by atoms with Crippen molar-refractivity contribution in [2.24, 2.45) is 5.73 Å². The highest BCUT2D eigenvalue weighted by Gasteiger charge is 2.15. The molecule has 164 valence electrons. The Morgan fingerprint density at radius 3 is 2.66 bits per heavy atom. The maximum atomic E-state index is 12.8. The Kier molecular flexibility index (Phi) is 5.81. The SMILES string of the molecule is Cc1nc(CC(N)=O)ncc1-c1ccc2nc(C)n(Cc3ccccc3OC(F)F)c2c1. The van der Waals surface area contributed by atoms with Crippen LogP contribution in [0.25, 0.3) is 22.2 Å². The van der Waals surface area contributed by atoms with Gasteiger partial charge in [-0.15, -0.1) is 0 Å². The number of carbonyl (C=O) groups is 1. The molecule has 0 aliphatic rings. The summed E-state index contributed by atoms with van der Waals surface area (Å²) in [7, 11) is 0. The Morgan fingerprint density at radius 2 is 1.94 bits per heavy atom. The molecule has 0 saturated heterocycles. The average Bonchev–Trinajstić information content (AvgIpc) is 3.03. The van der Waals surface area contributed by atoms with Gasteiger partial charge in [-0.3, -0.25) is 4.79 Å². The molecule has 2 aromatic carbocycles. The molecule has 1 amide bonds. The normalized spacial score (nSPS) is 11.3. The summed E-state index contributed by atoms with van der Waals surface area (Å²) in [6.07, 6.45) is 1.65. The Labute approximate surface area is 182 Å². The number of ether oxygens (including phenoxy) is 1. The van der Waals surface area contributed by atoms with Crippen LogP contribution in [-0.2, 0) is 17.8 Å². The van der Waals surface area contributed by atoms with Gasteiger partial charge >= 0.3 is 6.61 Å². The van der Waals surface area contributed by atoms with Gasteiger partial charge in [-0.25, -0.2) is 15.0 Å². The summed E-state index contributed by atoms with van der Waals surface area (Å²) in [6.45, 7) is 1.13. The number of hydrogen-bond acceptors (Lipinski definition) is 5. The number of aromatic nitrogens is 4. The molecular weight excluding hydrogens is 416 g/mol. The van der Waals surface area contributed by atoms with Gasteiger partial charge in [0.05, 0.1) is 24.0 Å². The van der Waals surface area contributed by atoms with Gasteiger partial charge in [-0.05, 0) is 37.6 Å². The molecule has 0 atom stereocenters. The van der Waals surface area contributed by atoms with E-state index in [4.69, 9.17) is 5.73 Å². The summed E-state index contributed by atoms with van der Waals surface area (Å²) >= 11 is 0. The summed E-state index contributed by atoms with van der Waals surface area (Å²) in [5.41, 5.74) is 9.87. The zero-order valence-electron chi connectivity index (χ0n) is 17.5. The number of primary amides is 1. The van der Waals surface area contributed by atoms with E-state index in [9.17, 15) is 13.6 Å². The van der Waals surface area contributed by atoms with Crippen molar-refractivity contribution in [2.75, 3.05) is 0 Å². The number of nitrogens with zero attached hydrogens (tertiary/aromatic N) is 4. The minimum atomic E-state index is -2.90. The predicted octanol–water partition coefficient (Wildman–Crippen LogP) is 3.79. The molecule has 4 aromatic rings. The van der Waals surface area contributed by atoms with Gasteiger partial charge < -0.3 is 15.0 Å². The average molecular weight is 437 g/mol. The highest BCUT2D eigenvalue weighted by Crippen LogP contribution is 2.29. The fourth-order valence-corrected chi connectivity index (χ4v) is 3.67. The predicted molar refractivity (Wildman–Crippen MR) is 115 cm³/mol. The van der Waals surface area contributed by atoms with Crippen molar-refractivity contribution < 1.29 is 18.3 Å². The van der Waals surface area contributed by atoms with Crippen LogP contribution in [0.4, 0.5) is 8.78 Å². The third kappa shape index (κ3) is 4.41. The highest BCUT2D eigenvalue weighted by molar-refractivity contribution is 5.83. The van der Waals surface area contributed by atoms with E-state index in [1.165, 1.54) is 6.07 Å². The molecule has 0 saturated carbocycles. The van der Waals surface area contributed by atoms with Crippen LogP contribution < -0.4 is 10.5 Å². The summed E-state index contributed by atoms with van der Waals surface area (Å²) in [4.78, 5) is 24.4. The van der Waals surface area contributed by atoms with Gasteiger partial charge in [0.2, 0.25) is 5.91 Å². The number of nitrogens with two attached hydrogens (primary N) is 1. The molecule has 2 aromatic heterocycles. The van der Waals surface area contributed by atoms with Crippen molar-refractivity contribution in [3.8, 4) is 16.9 Å². The van der Waals surface area contributed by atoms with Gasteiger partial charge in [0.25, 0.3) is 0 Å². The molecule has 0 aliphatic carbocycles. The standard InChI is InChI=1S/C23H21F2N5O2/c1-13-17(11-27-22(28-13)10-21(26)31)15-7-8-18-19(9-15)30(14(2)29-18)12-16-5-3-4-6-20(16)32-23(24)25/h3-9,11,23H,10,12H2,1-2H3,(H2,26,31). The van der Waals surface area contributed by atoms with Crippen molar-refractivity contribution in [1.29, 1.82) is 0 Å². The van der Waals surface area contributed by atoms with Crippen molar-refractivity contribution in [3.63, 3.8) is 0 Å². The summed E-state index contributed by atoms with van der Waals surface area (Å²) in [6, 6.07) is 12.5. The first-order valence-electron chi connectivity index (χ1n) is 9.92. The van der Waals surface area contributed by atoms with Crippen LogP contribution in [0, 0.1) is 13.8 Å². The molecule has 7 nitrogen and oxygen atoms in total. The Balaban J connectivity index is 1.74. The summed E-state index contributed by atoms with van der Waals surface area (Å²) < 4.78 is 32.2. The van der Waals surface area contributed by atoms with Crippen molar-refractivity contribution in [3.05, 3.63) is 71.6 Å². The zero-order chi connectivity index (χ0) is 22.8. The molecule has 32 heavy (non-hydrogen) atoms. The lowest BCUT2D eigenvalue weighted by Gasteiger charge is -2.13.